The van der Waals surface area contributed by atoms with Gasteiger partial charge in [0.15, 0.2) is 0 Å². The van der Waals surface area contributed by atoms with Gasteiger partial charge in [-0.25, -0.2) is 0 Å². The molecule has 1 aliphatic rings. The van der Waals surface area contributed by atoms with E-state index in [4.69, 9.17) is 10.5 Å². The lowest BCUT2D eigenvalue weighted by Gasteiger charge is -2.32. The van der Waals surface area contributed by atoms with E-state index in [1.807, 2.05) is 18.9 Å². The monoisotopic (exact) mass is 373 g/mol. The van der Waals surface area contributed by atoms with E-state index in [-0.39, 0.29) is 17.3 Å². The van der Waals surface area contributed by atoms with Crippen LogP contribution in [0.1, 0.15) is 6.92 Å². The minimum atomic E-state index is -0.569. The number of ether oxygens (including phenoxy) is 1. The highest BCUT2D eigenvalue weighted by molar-refractivity contribution is 5.74. The van der Waals surface area contributed by atoms with E-state index in [0.717, 1.165) is 31.9 Å². The number of rotatable bonds is 6. The summed E-state index contributed by atoms with van der Waals surface area (Å²) < 4.78 is 5.41. The highest BCUT2D eigenvalue weighted by Crippen LogP contribution is 2.32. The van der Waals surface area contributed by atoms with Crippen molar-refractivity contribution in [2.24, 2.45) is 0 Å². The average Bonchev–Trinajstić information content (AvgIpc) is 2.63. The van der Waals surface area contributed by atoms with Crippen molar-refractivity contribution >= 4 is 29.0 Å². The zero-order valence-corrected chi connectivity index (χ0v) is 15.4. The number of piperazine rings is 1. The Hall–Kier alpha value is -3.14. The SMILES string of the molecule is CCOc1ccc(Nc2nc(N3CCN(C)CC3)nc(N)c2[N+](=O)[O-])cc1. The van der Waals surface area contributed by atoms with Crippen molar-refractivity contribution in [2.45, 2.75) is 6.92 Å². The zero-order chi connectivity index (χ0) is 19.4. The first kappa shape index (κ1) is 18.6. The highest BCUT2D eigenvalue weighted by Gasteiger charge is 2.26. The number of nitrogens with two attached hydrogens (primary N) is 1. The van der Waals surface area contributed by atoms with E-state index in [1.165, 1.54) is 0 Å². The maximum absolute atomic E-state index is 11.5. The minimum Gasteiger partial charge on any atom is -0.494 e. The molecule has 27 heavy (non-hydrogen) atoms. The maximum atomic E-state index is 11.5. The van der Waals surface area contributed by atoms with Crippen molar-refractivity contribution in [3.05, 3.63) is 34.4 Å². The Balaban J connectivity index is 1.90. The van der Waals surface area contributed by atoms with Gasteiger partial charge in [-0.2, -0.15) is 9.97 Å². The molecule has 0 bridgehead atoms. The van der Waals surface area contributed by atoms with E-state index < -0.39 is 4.92 Å². The van der Waals surface area contributed by atoms with E-state index in [0.29, 0.717) is 18.2 Å². The number of nitrogen functional groups attached to an aromatic ring is 1. The predicted molar refractivity (Wildman–Crippen MR) is 104 cm³/mol. The Morgan fingerprint density at radius 2 is 1.89 bits per heavy atom. The lowest BCUT2D eigenvalue weighted by atomic mass is 10.3. The summed E-state index contributed by atoms with van der Waals surface area (Å²) in [5.41, 5.74) is 6.20. The molecule has 0 aliphatic carbocycles. The lowest BCUT2D eigenvalue weighted by Crippen LogP contribution is -2.45. The molecule has 0 radical (unpaired) electrons. The molecule has 1 aromatic carbocycles. The first-order valence-corrected chi connectivity index (χ1v) is 8.73. The van der Waals surface area contributed by atoms with Crippen molar-refractivity contribution in [1.82, 2.24) is 14.9 Å². The number of nitro groups is 1. The Morgan fingerprint density at radius 3 is 2.48 bits per heavy atom. The van der Waals surface area contributed by atoms with Gasteiger partial charge < -0.3 is 25.6 Å². The Morgan fingerprint density at radius 1 is 1.22 bits per heavy atom. The summed E-state index contributed by atoms with van der Waals surface area (Å²) >= 11 is 0. The normalized spacial score (nSPS) is 14.8. The van der Waals surface area contributed by atoms with Crippen LogP contribution >= 0.6 is 0 Å². The van der Waals surface area contributed by atoms with Crippen molar-refractivity contribution < 1.29 is 9.66 Å². The summed E-state index contributed by atoms with van der Waals surface area (Å²) in [6.45, 7) is 5.66. The average molecular weight is 373 g/mol. The summed E-state index contributed by atoms with van der Waals surface area (Å²) in [6, 6.07) is 7.10. The van der Waals surface area contributed by atoms with Crippen LogP contribution in [-0.2, 0) is 0 Å². The van der Waals surface area contributed by atoms with Crippen molar-refractivity contribution in [3.63, 3.8) is 0 Å². The van der Waals surface area contributed by atoms with Gasteiger partial charge in [0.05, 0.1) is 11.5 Å². The molecule has 1 aliphatic heterocycles. The molecular formula is C17H23N7O3. The van der Waals surface area contributed by atoms with Crippen LogP contribution in [-0.4, -0.2) is 59.6 Å². The van der Waals surface area contributed by atoms with E-state index in [2.05, 4.69) is 20.2 Å². The second-order valence-corrected chi connectivity index (χ2v) is 6.24. The van der Waals surface area contributed by atoms with Gasteiger partial charge in [0.25, 0.3) is 0 Å². The van der Waals surface area contributed by atoms with Crippen LogP contribution in [0.4, 0.5) is 29.0 Å². The number of anilines is 4. The molecule has 3 rings (SSSR count). The van der Waals surface area contributed by atoms with Crippen LogP contribution in [0, 0.1) is 10.1 Å². The number of hydrogen-bond donors (Lipinski definition) is 2. The molecule has 10 heteroatoms. The molecule has 1 saturated heterocycles. The van der Waals surface area contributed by atoms with Crippen LogP contribution in [0.25, 0.3) is 0 Å². The molecule has 10 nitrogen and oxygen atoms in total. The van der Waals surface area contributed by atoms with Gasteiger partial charge in [0, 0.05) is 31.9 Å². The summed E-state index contributed by atoms with van der Waals surface area (Å²) in [5, 5.41) is 14.5. The van der Waals surface area contributed by atoms with Gasteiger partial charge in [-0.15, -0.1) is 0 Å². The van der Waals surface area contributed by atoms with Crippen molar-refractivity contribution in [1.29, 1.82) is 0 Å². The molecule has 0 atom stereocenters. The summed E-state index contributed by atoms with van der Waals surface area (Å²) in [7, 11) is 2.04. The second kappa shape index (κ2) is 8.04. The minimum absolute atomic E-state index is 0.0746. The lowest BCUT2D eigenvalue weighted by molar-refractivity contribution is -0.383. The molecule has 3 N–H and O–H groups in total. The first-order chi connectivity index (χ1) is 13.0. The summed E-state index contributed by atoms with van der Waals surface area (Å²) in [5.74, 6) is 1.03. The fourth-order valence-corrected chi connectivity index (χ4v) is 2.81. The summed E-state index contributed by atoms with van der Waals surface area (Å²) in [6.07, 6.45) is 0. The second-order valence-electron chi connectivity index (χ2n) is 6.24. The molecule has 1 fully saturated rings. The van der Waals surface area contributed by atoms with Crippen molar-refractivity contribution in [2.75, 3.05) is 55.8 Å². The van der Waals surface area contributed by atoms with Gasteiger partial charge in [0.2, 0.25) is 17.6 Å². The number of likely N-dealkylation sites (N-methyl/N-ethyl adjacent to an activating group) is 1. The third-order valence-electron chi connectivity index (χ3n) is 4.30. The van der Waals surface area contributed by atoms with Crippen LogP contribution in [0.15, 0.2) is 24.3 Å². The molecular weight excluding hydrogens is 350 g/mol. The third kappa shape index (κ3) is 4.34. The quantitative estimate of drug-likeness (QED) is 0.577. The van der Waals surface area contributed by atoms with Gasteiger partial charge in [-0.3, -0.25) is 10.1 Å². The Kier molecular flexibility index (Phi) is 5.55. The standard InChI is InChI=1S/C17H23N7O3/c1-3-27-13-6-4-12(5-7-13)19-16-14(24(25)26)15(18)20-17(21-16)23-10-8-22(2)9-11-23/h4-7H,3,8-11H2,1-2H3,(H3,18,19,20,21). The highest BCUT2D eigenvalue weighted by atomic mass is 16.6. The topological polar surface area (TPSA) is 123 Å². The Labute approximate surface area is 157 Å². The number of nitrogens with one attached hydrogen (secondary N) is 1. The van der Waals surface area contributed by atoms with Gasteiger partial charge >= 0.3 is 5.69 Å². The number of hydrogen-bond acceptors (Lipinski definition) is 9. The van der Waals surface area contributed by atoms with Gasteiger partial charge in [0.1, 0.15) is 5.75 Å². The largest absolute Gasteiger partial charge is 0.494 e. The van der Waals surface area contributed by atoms with E-state index >= 15 is 0 Å². The number of nitrogens with zero attached hydrogens (tertiary/aromatic N) is 5. The number of benzene rings is 1. The van der Waals surface area contributed by atoms with Crippen LogP contribution in [0.3, 0.4) is 0 Å². The molecule has 2 aromatic rings. The maximum Gasteiger partial charge on any atom is 0.353 e. The third-order valence-corrected chi connectivity index (χ3v) is 4.30. The van der Waals surface area contributed by atoms with Crippen molar-refractivity contribution in [3.8, 4) is 5.75 Å². The molecule has 0 unspecified atom stereocenters. The predicted octanol–water partition coefficient (Wildman–Crippen LogP) is 1.86. The molecule has 0 spiro atoms. The first-order valence-electron chi connectivity index (χ1n) is 8.73. The molecule has 2 heterocycles. The van der Waals surface area contributed by atoms with Crippen LogP contribution in [0.2, 0.25) is 0 Å². The fraction of sp³-hybridized carbons (Fsp3) is 0.412. The van der Waals surface area contributed by atoms with Crippen LogP contribution < -0.4 is 20.7 Å². The molecule has 1 aromatic heterocycles. The fourth-order valence-electron chi connectivity index (χ4n) is 2.81. The molecule has 0 saturated carbocycles. The van der Waals surface area contributed by atoms with E-state index in [9.17, 15) is 10.1 Å². The van der Waals surface area contributed by atoms with Gasteiger partial charge in [-0.05, 0) is 38.2 Å². The Bertz CT molecular complexity index is 805. The zero-order valence-electron chi connectivity index (χ0n) is 15.4. The molecule has 144 valence electrons. The smallest absolute Gasteiger partial charge is 0.353 e. The summed E-state index contributed by atoms with van der Waals surface area (Å²) in [4.78, 5) is 23.6. The van der Waals surface area contributed by atoms with Gasteiger partial charge in [-0.1, -0.05) is 0 Å². The van der Waals surface area contributed by atoms with Crippen LogP contribution in [0.5, 0.6) is 5.75 Å². The van der Waals surface area contributed by atoms with E-state index in [1.54, 1.807) is 24.3 Å². The molecule has 0 amide bonds. The number of aromatic nitrogens is 2.